The molecule has 0 aliphatic carbocycles. The average Bonchev–Trinajstić information content (AvgIpc) is 3.33. The number of aromatic nitrogens is 2. The topological polar surface area (TPSA) is 104 Å². The number of para-hydroxylation sites is 2. The molecule has 0 saturated carbocycles. The maximum absolute atomic E-state index is 12.1. The van der Waals surface area contributed by atoms with E-state index in [9.17, 15) is 9.59 Å². The van der Waals surface area contributed by atoms with Gasteiger partial charge >= 0.3 is 5.97 Å². The van der Waals surface area contributed by atoms with E-state index in [0.29, 0.717) is 19.4 Å². The summed E-state index contributed by atoms with van der Waals surface area (Å²) in [5.41, 5.74) is 3.81. The van der Waals surface area contributed by atoms with Crippen LogP contribution in [-0.4, -0.2) is 39.2 Å². The molecule has 1 aromatic heterocycles. The van der Waals surface area contributed by atoms with Crippen molar-refractivity contribution in [1.29, 1.82) is 0 Å². The molecule has 0 spiro atoms. The standard InChI is InChI=1S/C20H19N3O4/c24-19(16-9-10-17(27-16)20(25)26)21-11-12-5-7-13(8-6-12)18-22-14-3-1-2-4-15(14)23-18/h1-8,16-17H,9-11H2,(H,21,24)(H,22,23)(H,25,26)/t16-,17+/m0/s1. The Morgan fingerprint density at radius 1 is 1.11 bits per heavy atom. The molecule has 0 radical (unpaired) electrons. The third-order valence-electron chi connectivity index (χ3n) is 4.67. The van der Waals surface area contributed by atoms with E-state index in [1.54, 1.807) is 0 Å². The molecule has 1 amide bonds. The molecule has 3 N–H and O–H groups in total. The summed E-state index contributed by atoms with van der Waals surface area (Å²) in [5, 5.41) is 11.7. The summed E-state index contributed by atoms with van der Waals surface area (Å²) in [5.74, 6) is -0.502. The number of ether oxygens (including phenoxy) is 1. The zero-order valence-electron chi connectivity index (χ0n) is 14.5. The number of carboxylic acid groups (broad SMARTS) is 1. The summed E-state index contributed by atoms with van der Waals surface area (Å²) >= 11 is 0. The zero-order chi connectivity index (χ0) is 18.8. The van der Waals surface area contributed by atoms with Gasteiger partial charge in [0.05, 0.1) is 11.0 Å². The highest BCUT2D eigenvalue weighted by atomic mass is 16.5. The Hall–Kier alpha value is -3.19. The normalized spacial score (nSPS) is 19.3. The first-order valence-electron chi connectivity index (χ1n) is 8.80. The lowest BCUT2D eigenvalue weighted by atomic mass is 10.1. The first-order valence-corrected chi connectivity index (χ1v) is 8.80. The van der Waals surface area contributed by atoms with Crippen molar-refractivity contribution in [2.75, 3.05) is 0 Å². The summed E-state index contributed by atoms with van der Waals surface area (Å²) < 4.78 is 5.25. The number of aromatic amines is 1. The Morgan fingerprint density at radius 3 is 2.56 bits per heavy atom. The third-order valence-corrected chi connectivity index (χ3v) is 4.67. The van der Waals surface area contributed by atoms with E-state index in [0.717, 1.165) is 28.0 Å². The van der Waals surface area contributed by atoms with Gasteiger partial charge in [-0.2, -0.15) is 0 Å². The SMILES string of the molecule is O=C(NCc1ccc(-c2nc3ccccc3[nH]2)cc1)[C@@H]1CC[C@H](C(=O)O)O1. The fraction of sp³-hybridized carbons (Fsp3) is 0.250. The number of nitrogens with zero attached hydrogens (tertiary/aromatic N) is 1. The van der Waals surface area contributed by atoms with Crippen molar-refractivity contribution in [3.8, 4) is 11.4 Å². The van der Waals surface area contributed by atoms with Crippen molar-refractivity contribution in [3.05, 3.63) is 54.1 Å². The number of fused-ring (bicyclic) bond motifs is 1. The van der Waals surface area contributed by atoms with Gasteiger partial charge in [0.25, 0.3) is 0 Å². The molecule has 0 unspecified atom stereocenters. The van der Waals surface area contributed by atoms with Crippen molar-refractivity contribution in [2.45, 2.75) is 31.6 Å². The Bertz CT molecular complexity index is 947. The van der Waals surface area contributed by atoms with Crippen molar-refractivity contribution in [3.63, 3.8) is 0 Å². The zero-order valence-corrected chi connectivity index (χ0v) is 14.5. The minimum atomic E-state index is -1.02. The van der Waals surface area contributed by atoms with Gasteiger partial charge in [-0.05, 0) is 30.5 Å². The number of nitrogens with one attached hydrogen (secondary N) is 2. The van der Waals surface area contributed by atoms with Crippen LogP contribution in [-0.2, 0) is 20.9 Å². The highest BCUT2D eigenvalue weighted by molar-refractivity contribution is 5.82. The predicted octanol–water partition coefficient (Wildman–Crippen LogP) is 2.48. The monoisotopic (exact) mass is 365 g/mol. The van der Waals surface area contributed by atoms with E-state index in [2.05, 4.69) is 15.3 Å². The molecule has 1 aliphatic rings. The third kappa shape index (κ3) is 3.68. The van der Waals surface area contributed by atoms with Crippen molar-refractivity contribution in [2.24, 2.45) is 0 Å². The Balaban J connectivity index is 1.37. The summed E-state index contributed by atoms with van der Waals surface area (Å²) in [6, 6.07) is 15.6. The van der Waals surface area contributed by atoms with E-state index < -0.39 is 18.2 Å². The van der Waals surface area contributed by atoms with Gasteiger partial charge in [-0.15, -0.1) is 0 Å². The van der Waals surface area contributed by atoms with Crippen LogP contribution >= 0.6 is 0 Å². The minimum absolute atomic E-state index is 0.278. The second-order valence-electron chi connectivity index (χ2n) is 6.55. The molecule has 7 heteroatoms. The van der Waals surface area contributed by atoms with Gasteiger partial charge in [-0.25, -0.2) is 9.78 Å². The van der Waals surface area contributed by atoms with Crippen molar-refractivity contribution in [1.82, 2.24) is 15.3 Å². The lowest BCUT2D eigenvalue weighted by molar-refractivity contribution is -0.151. The van der Waals surface area contributed by atoms with Crippen LogP contribution in [0, 0.1) is 0 Å². The predicted molar refractivity (Wildman–Crippen MR) is 98.9 cm³/mol. The molecular formula is C20H19N3O4. The van der Waals surface area contributed by atoms with Gasteiger partial charge in [0.1, 0.15) is 11.9 Å². The molecule has 27 heavy (non-hydrogen) atoms. The second kappa shape index (κ2) is 7.20. The lowest BCUT2D eigenvalue weighted by Crippen LogP contribution is -2.35. The number of rotatable bonds is 5. The molecular weight excluding hydrogens is 346 g/mol. The van der Waals surface area contributed by atoms with Crippen LogP contribution in [0.3, 0.4) is 0 Å². The van der Waals surface area contributed by atoms with E-state index in [4.69, 9.17) is 9.84 Å². The Morgan fingerprint density at radius 2 is 1.85 bits per heavy atom. The molecule has 0 bridgehead atoms. The van der Waals surface area contributed by atoms with Crippen LogP contribution in [0.1, 0.15) is 18.4 Å². The van der Waals surface area contributed by atoms with Crippen LogP contribution in [0.2, 0.25) is 0 Å². The number of carbonyl (C=O) groups excluding carboxylic acids is 1. The van der Waals surface area contributed by atoms with Crippen LogP contribution in [0.15, 0.2) is 48.5 Å². The average molecular weight is 365 g/mol. The maximum atomic E-state index is 12.1. The fourth-order valence-electron chi connectivity index (χ4n) is 3.18. The van der Waals surface area contributed by atoms with E-state index >= 15 is 0 Å². The molecule has 7 nitrogen and oxygen atoms in total. The highest BCUT2D eigenvalue weighted by Crippen LogP contribution is 2.22. The molecule has 1 aliphatic heterocycles. The van der Waals surface area contributed by atoms with Crippen LogP contribution < -0.4 is 5.32 Å². The first-order chi connectivity index (χ1) is 13.1. The largest absolute Gasteiger partial charge is 0.479 e. The molecule has 3 aromatic rings. The van der Waals surface area contributed by atoms with Gasteiger partial charge in [-0.3, -0.25) is 4.79 Å². The number of aliphatic carboxylic acids is 1. The van der Waals surface area contributed by atoms with Gasteiger partial charge in [0, 0.05) is 12.1 Å². The number of hydrogen-bond acceptors (Lipinski definition) is 4. The van der Waals surface area contributed by atoms with Crippen LogP contribution in [0.25, 0.3) is 22.4 Å². The summed E-state index contributed by atoms with van der Waals surface area (Å²) in [6.45, 7) is 0.358. The van der Waals surface area contributed by atoms with Crippen LogP contribution in [0.4, 0.5) is 0 Å². The number of hydrogen-bond donors (Lipinski definition) is 3. The number of carboxylic acids is 1. The molecule has 1 fully saturated rings. The molecule has 2 aromatic carbocycles. The number of amides is 1. The summed E-state index contributed by atoms with van der Waals surface area (Å²) in [7, 11) is 0. The van der Waals surface area contributed by atoms with Gasteiger partial charge < -0.3 is 20.1 Å². The number of carbonyl (C=O) groups is 2. The number of imidazole rings is 1. The highest BCUT2D eigenvalue weighted by Gasteiger charge is 2.34. The Labute approximate surface area is 155 Å². The number of H-pyrrole nitrogens is 1. The van der Waals surface area contributed by atoms with E-state index in [-0.39, 0.29) is 5.91 Å². The van der Waals surface area contributed by atoms with Crippen LogP contribution in [0.5, 0.6) is 0 Å². The maximum Gasteiger partial charge on any atom is 0.332 e. The second-order valence-corrected chi connectivity index (χ2v) is 6.55. The van der Waals surface area contributed by atoms with Gasteiger partial charge in [0.2, 0.25) is 5.91 Å². The quantitative estimate of drug-likeness (QED) is 0.644. The van der Waals surface area contributed by atoms with Gasteiger partial charge in [0.15, 0.2) is 6.10 Å². The minimum Gasteiger partial charge on any atom is -0.479 e. The van der Waals surface area contributed by atoms with E-state index in [1.807, 2.05) is 48.5 Å². The smallest absolute Gasteiger partial charge is 0.332 e. The number of benzene rings is 2. The van der Waals surface area contributed by atoms with E-state index in [1.165, 1.54) is 0 Å². The molecule has 138 valence electrons. The lowest BCUT2D eigenvalue weighted by Gasteiger charge is -2.12. The fourth-order valence-corrected chi connectivity index (χ4v) is 3.18. The molecule has 2 atom stereocenters. The van der Waals surface area contributed by atoms with Crippen molar-refractivity contribution >= 4 is 22.9 Å². The van der Waals surface area contributed by atoms with Gasteiger partial charge in [-0.1, -0.05) is 36.4 Å². The summed E-state index contributed by atoms with van der Waals surface area (Å²) in [4.78, 5) is 30.9. The molecule has 2 heterocycles. The summed E-state index contributed by atoms with van der Waals surface area (Å²) in [6.07, 6.45) is -0.794. The van der Waals surface area contributed by atoms with Crippen molar-refractivity contribution < 1.29 is 19.4 Å². The Kier molecular flexibility index (Phi) is 4.60. The first kappa shape index (κ1) is 17.2. The molecule has 4 rings (SSSR count). The molecule has 1 saturated heterocycles.